The molecule has 2 heterocycles. The van der Waals surface area contributed by atoms with Crippen LogP contribution in [0.4, 0.5) is 0 Å². The van der Waals surface area contributed by atoms with Gasteiger partial charge >= 0.3 is 5.97 Å². The monoisotopic (exact) mass is 414 g/mol. The predicted octanol–water partition coefficient (Wildman–Crippen LogP) is 3.75. The number of likely N-dealkylation sites (tertiary alicyclic amines) is 1. The molecule has 1 amide bonds. The molecule has 30 heavy (non-hydrogen) atoms. The van der Waals surface area contributed by atoms with Gasteiger partial charge in [-0.15, -0.1) is 0 Å². The van der Waals surface area contributed by atoms with E-state index in [1.165, 1.54) is 0 Å². The first-order valence-corrected chi connectivity index (χ1v) is 10.6. The maximum absolute atomic E-state index is 12.5. The van der Waals surface area contributed by atoms with Crippen molar-refractivity contribution in [2.45, 2.75) is 65.6 Å². The SMILES string of the molecule is Cc1noc(C)c1COc1ccc(CC(=O)O[C@H](C)C(=O)N2CCCCCC2)cc1. The van der Waals surface area contributed by atoms with Gasteiger partial charge in [-0.2, -0.15) is 0 Å². The molecule has 1 aromatic carbocycles. The van der Waals surface area contributed by atoms with Gasteiger partial charge in [-0.05, 0) is 51.3 Å². The molecule has 0 unspecified atom stereocenters. The van der Waals surface area contributed by atoms with Crippen LogP contribution in [0.1, 0.15) is 55.2 Å². The number of amides is 1. The second kappa shape index (κ2) is 10.3. The van der Waals surface area contributed by atoms with Gasteiger partial charge in [0.05, 0.1) is 17.7 Å². The van der Waals surface area contributed by atoms with Crippen molar-refractivity contribution in [2.24, 2.45) is 0 Å². The zero-order valence-corrected chi connectivity index (χ0v) is 18.0. The van der Waals surface area contributed by atoms with Gasteiger partial charge in [0.1, 0.15) is 18.1 Å². The number of aromatic nitrogens is 1. The van der Waals surface area contributed by atoms with E-state index in [9.17, 15) is 9.59 Å². The molecule has 162 valence electrons. The van der Waals surface area contributed by atoms with Crippen LogP contribution in [0.3, 0.4) is 0 Å². The Kier molecular flexibility index (Phi) is 7.49. The number of hydrogen-bond acceptors (Lipinski definition) is 6. The minimum atomic E-state index is -0.756. The van der Waals surface area contributed by atoms with Crippen molar-refractivity contribution in [3.8, 4) is 5.75 Å². The lowest BCUT2D eigenvalue weighted by atomic mass is 10.1. The molecule has 0 bridgehead atoms. The Morgan fingerprint density at radius 2 is 1.77 bits per heavy atom. The van der Waals surface area contributed by atoms with Crippen molar-refractivity contribution in [3.63, 3.8) is 0 Å². The molecule has 1 saturated heterocycles. The third-order valence-electron chi connectivity index (χ3n) is 5.41. The molecule has 7 nitrogen and oxygen atoms in total. The molecule has 0 radical (unpaired) electrons. The highest BCUT2D eigenvalue weighted by Gasteiger charge is 2.24. The summed E-state index contributed by atoms with van der Waals surface area (Å²) < 4.78 is 16.3. The van der Waals surface area contributed by atoms with Gasteiger partial charge in [0.2, 0.25) is 0 Å². The first kappa shape index (κ1) is 21.9. The highest BCUT2D eigenvalue weighted by Crippen LogP contribution is 2.18. The van der Waals surface area contributed by atoms with Crippen LogP contribution in [0, 0.1) is 13.8 Å². The van der Waals surface area contributed by atoms with E-state index in [1.807, 2.05) is 43.0 Å². The Labute approximate surface area is 177 Å². The average Bonchev–Trinajstić information content (AvgIpc) is 2.91. The number of benzene rings is 1. The lowest BCUT2D eigenvalue weighted by Gasteiger charge is -2.24. The van der Waals surface area contributed by atoms with Crippen molar-refractivity contribution < 1.29 is 23.6 Å². The second-order valence-corrected chi connectivity index (χ2v) is 7.78. The van der Waals surface area contributed by atoms with E-state index in [0.717, 1.165) is 61.4 Å². The van der Waals surface area contributed by atoms with Crippen LogP contribution in [-0.4, -0.2) is 41.1 Å². The summed E-state index contributed by atoms with van der Waals surface area (Å²) in [5, 5.41) is 3.91. The number of carbonyl (C=O) groups is 2. The van der Waals surface area contributed by atoms with E-state index in [-0.39, 0.29) is 12.3 Å². The number of nitrogens with zero attached hydrogens (tertiary/aromatic N) is 2. The second-order valence-electron chi connectivity index (χ2n) is 7.78. The summed E-state index contributed by atoms with van der Waals surface area (Å²) in [5.41, 5.74) is 2.56. The summed E-state index contributed by atoms with van der Waals surface area (Å²) in [5.74, 6) is 0.927. The Morgan fingerprint density at radius 1 is 1.10 bits per heavy atom. The third kappa shape index (κ3) is 5.84. The van der Waals surface area contributed by atoms with Gasteiger partial charge in [0.25, 0.3) is 5.91 Å². The van der Waals surface area contributed by atoms with Crippen molar-refractivity contribution in [2.75, 3.05) is 13.1 Å². The number of hydrogen-bond donors (Lipinski definition) is 0. The van der Waals surface area contributed by atoms with Crippen LogP contribution in [0.15, 0.2) is 28.8 Å². The summed E-state index contributed by atoms with van der Waals surface area (Å²) in [4.78, 5) is 26.6. The molecule has 0 saturated carbocycles. The highest BCUT2D eigenvalue weighted by atomic mass is 16.5. The van der Waals surface area contributed by atoms with Gasteiger partial charge < -0.3 is 18.9 Å². The first-order valence-electron chi connectivity index (χ1n) is 10.6. The Hall–Kier alpha value is -2.83. The lowest BCUT2D eigenvalue weighted by molar-refractivity contribution is -0.158. The van der Waals surface area contributed by atoms with Crippen molar-refractivity contribution in [1.29, 1.82) is 0 Å². The first-order chi connectivity index (χ1) is 14.4. The topological polar surface area (TPSA) is 81.9 Å². The van der Waals surface area contributed by atoms with E-state index in [2.05, 4.69) is 5.16 Å². The molecule has 0 aliphatic carbocycles. The molecule has 0 N–H and O–H groups in total. The smallest absolute Gasteiger partial charge is 0.311 e. The normalized spacial score (nSPS) is 15.4. The summed E-state index contributed by atoms with van der Waals surface area (Å²) in [6, 6.07) is 7.27. The molecule has 3 rings (SSSR count). The zero-order chi connectivity index (χ0) is 21.5. The molecule has 1 aliphatic rings. The Bertz CT molecular complexity index is 831. The van der Waals surface area contributed by atoms with E-state index in [0.29, 0.717) is 12.4 Å². The van der Waals surface area contributed by atoms with Crippen LogP contribution in [0.25, 0.3) is 0 Å². The van der Waals surface area contributed by atoms with Gasteiger partial charge in [-0.25, -0.2) is 0 Å². The van der Waals surface area contributed by atoms with Gasteiger partial charge in [-0.1, -0.05) is 30.1 Å². The zero-order valence-electron chi connectivity index (χ0n) is 18.0. The Morgan fingerprint density at radius 3 is 2.37 bits per heavy atom. The molecule has 1 fully saturated rings. The maximum Gasteiger partial charge on any atom is 0.311 e. The number of esters is 1. The number of rotatable bonds is 7. The van der Waals surface area contributed by atoms with Crippen LogP contribution >= 0.6 is 0 Å². The van der Waals surface area contributed by atoms with Crippen molar-refractivity contribution >= 4 is 11.9 Å². The van der Waals surface area contributed by atoms with Crippen LogP contribution in [0.2, 0.25) is 0 Å². The molecule has 7 heteroatoms. The summed E-state index contributed by atoms with van der Waals surface area (Å²) >= 11 is 0. The van der Waals surface area contributed by atoms with E-state index in [4.69, 9.17) is 14.0 Å². The van der Waals surface area contributed by atoms with Crippen LogP contribution in [-0.2, 0) is 27.4 Å². The number of carbonyl (C=O) groups excluding carboxylic acids is 2. The molecular weight excluding hydrogens is 384 g/mol. The maximum atomic E-state index is 12.5. The van der Waals surface area contributed by atoms with E-state index < -0.39 is 12.1 Å². The summed E-state index contributed by atoms with van der Waals surface area (Å²) in [7, 11) is 0. The molecule has 1 atom stereocenters. The predicted molar refractivity (Wildman–Crippen MR) is 111 cm³/mol. The molecular formula is C23H30N2O5. The van der Waals surface area contributed by atoms with Gasteiger partial charge in [-0.3, -0.25) is 9.59 Å². The standard InChI is InChI=1S/C23H30N2O5/c1-16-21(17(2)30-24-16)15-28-20-10-8-19(9-11-20)14-22(26)29-18(3)23(27)25-12-6-4-5-7-13-25/h8-11,18H,4-7,12-15H2,1-3H3/t18-/m1/s1. The quantitative estimate of drug-likeness (QED) is 0.642. The van der Waals surface area contributed by atoms with Gasteiger partial charge in [0.15, 0.2) is 6.10 Å². The molecule has 0 spiro atoms. The summed E-state index contributed by atoms with van der Waals surface area (Å²) in [6.45, 7) is 7.25. The fourth-order valence-corrected chi connectivity index (χ4v) is 3.57. The number of ether oxygens (including phenoxy) is 2. The number of aryl methyl sites for hydroxylation is 2. The largest absolute Gasteiger partial charge is 0.489 e. The van der Waals surface area contributed by atoms with Crippen molar-refractivity contribution in [1.82, 2.24) is 10.1 Å². The minimum absolute atomic E-state index is 0.103. The van der Waals surface area contributed by atoms with Gasteiger partial charge in [0, 0.05) is 13.1 Å². The third-order valence-corrected chi connectivity index (χ3v) is 5.41. The van der Waals surface area contributed by atoms with Crippen molar-refractivity contribution in [3.05, 3.63) is 46.8 Å². The van der Waals surface area contributed by atoms with E-state index in [1.54, 1.807) is 6.92 Å². The lowest BCUT2D eigenvalue weighted by Crippen LogP contribution is -2.40. The fraction of sp³-hybridized carbons (Fsp3) is 0.522. The molecule has 1 aromatic heterocycles. The molecule has 2 aromatic rings. The van der Waals surface area contributed by atoms with Crippen LogP contribution in [0.5, 0.6) is 5.75 Å². The average molecular weight is 415 g/mol. The van der Waals surface area contributed by atoms with Crippen LogP contribution < -0.4 is 4.74 Å². The highest BCUT2D eigenvalue weighted by molar-refractivity contribution is 5.84. The van der Waals surface area contributed by atoms with E-state index >= 15 is 0 Å². The summed E-state index contributed by atoms with van der Waals surface area (Å²) in [6.07, 6.45) is 3.68. The Balaban J connectivity index is 1.47. The minimum Gasteiger partial charge on any atom is -0.489 e. The fourth-order valence-electron chi connectivity index (χ4n) is 3.57. The molecule has 1 aliphatic heterocycles.